The van der Waals surface area contributed by atoms with Crippen LogP contribution in [-0.4, -0.2) is 24.2 Å². The SMILES string of the molecule is Cc1ccc(C(C)(O)CNC(=O)c2ccccc2OC(F)F)o1. The van der Waals surface area contributed by atoms with Crippen LogP contribution in [-0.2, 0) is 5.60 Å². The molecule has 1 atom stereocenters. The second kappa shape index (κ2) is 6.78. The van der Waals surface area contributed by atoms with Crippen molar-refractivity contribution in [2.45, 2.75) is 26.1 Å². The van der Waals surface area contributed by atoms with Gasteiger partial charge in [0.25, 0.3) is 5.91 Å². The van der Waals surface area contributed by atoms with Crippen LogP contribution in [0, 0.1) is 6.92 Å². The quantitative estimate of drug-likeness (QED) is 0.857. The highest BCUT2D eigenvalue weighted by Crippen LogP contribution is 2.23. The third kappa shape index (κ3) is 4.29. The lowest BCUT2D eigenvalue weighted by Gasteiger charge is -2.21. The average molecular weight is 325 g/mol. The fraction of sp³-hybridized carbons (Fsp3) is 0.312. The van der Waals surface area contributed by atoms with Gasteiger partial charge >= 0.3 is 6.61 Å². The Bertz CT molecular complexity index is 682. The lowest BCUT2D eigenvalue weighted by atomic mass is 10.0. The summed E-state index contributed by atoms with van der Waals surface area (Å²) in [6.45, 7) is 0.0310. The molecule has 0 bridgehead atoms. The molecule has 0 aliphatic carbocycles. The van der Waals surface area contributed by atoms with Crippen molar-refractivity contribution in [2.24, 2.45) is 0 Å². The van der Waals surface area contributed by atoms with E-state index in [0.29, 0.717) is 11.5 Å². The highest BCUT2D eigenvalue weighted by molar-refractivity contribution is 5.96. The summed E-state index contributed by atoms with van der Waals surface area (Å²) in [6, 6.07) is 8.94. The highest BCUT2D eigenvalue weighted by Gasteiger charge is 2.28. The van der Waals surface area contributed by atoms with E-state index in [1.165, 1.54) is 31.2 Å². The van der Waals surface area contributed by atoms with Crippen LogP contribution in [0.25, 0.3) is 0 Å². The van der Waals surface area contributed by atoms with Crippen molar-refractivity contribution >= 4 is 5.91 Å². The van der Waals surface area contributed by atoms with Crippen molar-refractivity contribution in [1.82, 2.24) is 5.32 Å². The van der Waals surface area contributed by atoms with Crippen LogP contribution in [0.5, 0.6) is 5.75 Å². The molecule has 1 heterocycles. The number of halogens is 2. The van der Waals surface area contributed by atoms with Gasteiger partial charge in [0, 0.05) is 0 Å². The fourth-order valence-electron chi connectivity index (χ4n) is 2.01. The summed E-state index contributed by atoms with van der Waals surface area (Å²) >= 11 is 0. The molecule has 1 unspecified atom stereocenters. The van der Waals surface area contributed by atoms with Crippen LogP contribution in [0.3, 0.4) is 0 Å². The van der Waals surface area contributed by atoms with Gasteiger partial charge < -0.3 is 19.6 Å². The van der Waals surface area contributed by atoms with Crippen molar-refractivity contribution in [1.29, 1.82) is 0 Å². The van der Waals surface area contributed by atoms with Gasteiger partial charge in [-0.1, -0.05) is 12.1 Å². The summed E-state index contributed by atoms with van der Waals surface area (Å²) in [5.74, 6) is 0.0629. The number of hydrogen-bond donors (Lipinski definition) is 2. The second-order valence-corrected chi connectivity index (χ2v) is 5.24. The summed E-state index contributed by atoms with van der Waals surface area (Å²) in [5, 5.41) is 12.8. The molecule has 7 heteroatoms. The number of ether oxygens (including phenoxy) is 1. The molecule has 0 fully saturated rings. The van der Waals surface area contributed by atoms with Gasteiger partial charge in [0.15, 0.2) is 0 Å². The van der Waals surface area contributed by atoms with Crippen LogP contribution in [0.2, 0.25) is 0 Å². The minimum Gasteiger partial charge on any atom is -0.463 e. The Balaban J connectivity index is 2.08. The Morgan fingerprint density at radius 1 is 1.35 bits per heavy atom. The van der Waals surface area contributed by atoms with E-state index in [1.807, 2.05) is 0 Å². The number of carbonyl (C=O) groups is 1. The number of amides is 1. The predicted octanol–water partition coefficient (Wildman–Crippen LogP) is 2.83. The lowest BCUT2D eigenvalue weighted by molar-refractivity contribution is -0.0502. The number of carbonyl (C=O) groups excluding carboxylic acids is 1. The monoisotopic (exact) mass is 325 g/mol. The Morgan fingerprint density at radius 2 is 2.04 bits per heavy atom. The molecule has 0 aliphatic rings. The third-order valence-electron chi connectivity index (χ3n) is 3.21. The van der Waals surface area contributed by atoms with Crippen LogP contribution >= 0.6 is 0 Å². The van der Waals surface area contributed by atoms with E-state index in [4.69, 9.17) is 4.42 Å². The van der Waals surface area contributed by atoms with E-state index in [-0.39, 0.29) is 17.9 Å². The first-order valence-corrected chi connectivity index (χ1v) is 6.91. The molecule has 0 saturated heterocycles. The number of rotatable bonds is 6. The predicted molar refractivity (Wildman–Crippen MR) is 78.4 cm³/mol. The van der Waals surface area contributed by atoms with Gasteiger partial charge in [0.05, 0.1) is 12.1 Å². The first kappa shape index (κ1) is 17.0. The van der Waals surface area contributed by atoms with Crippen molar-refractivity contribution in [3.63, 3.8) is 0 Å². The summed E-state index contributed by atoms with van der Waals surface area (Å²) in [4.78, 5) is 12.2. The zero-order valence-electron chi connectivity index (χ0n) is 12.7. The summed E-state index contributed by atoms with van der Waals surface area (Å²) in [7, 11) is 0. The van der Waals surface area contributed by atoms with E-state index in [9.17, 15) is 18.7 Å². The van der Waals surface area contributed by atoms with E-state index in [2.05, 4.69) is 10.1 Å². The van der Waals surface area contributed by atoms with Gasteiger partial charge in [-0.2, -0.15) is 8.78 Å². The summed E-state index contributed by atoms with van der Waals surface area (Å²) in [6.07, 6.45) is 0. The number of aliphatic hydroxyl groups is 1. The van der Waals surface area contributed by atoms with Gasteiger partial charge in [-0.05, 0) is 38.1 Å². The number of alkyl halides is 2. The number of nitrogens with one attached hydrogen (secondary N) is 1. The molecule has 5 nitrogen and oxygen atoms in total. The average Bonchev–Trinajstić information content (AvgIpc) is 2.92. The van der Waals surface area contributed by atoms with Crippen molar-refractivity contribution in [3.05, 3.63) is 53.5 Å². The topological polar surface area (TPSA) is 71.7 Å². The Morgan fingerprint density at radius 3 is 2.65 bits per heavy atom. The first-order chi connectivity index (χ1) is 10.8. The molecule has 23 heavy (non-hydrogen) atoms. The maximum atomic E-state index is 12.4. The molecular formula is C16H17F2NO4. The smallest absolute Gasteiger partial charge is 0.387 e. The molecule has 2 N–H and O–H groups in total. The molecule has 0 saturated carbocycles. The van der Waals surface area contributed by atoms with E-state index >= 15 is 0 Å². The van der Waals surface area contributed by atoms with Crippen LogP contribution in [0.15, 0.2) is 40.8 Å². The Kier molecular flexibility index (Phi) is 5.00. The van der Waals surface area contributed by atoms with Crippen LogP contribution in [0.1, 0.15) is 28.8 Å². The molecule has 1 aromatic heterocycles. The molecule has 124 valence electrons. The summed E-state index contributed by atoms with van der Waals surface area (Å²) < 4.78 is 34.4. The minimum atomic E-state index is -3.03. The zero-order valence-corrected chi connectivity index (χ0v) is 12.7. The number of furan rings is 1. The van der Waals surface area contributed by atoms with Gasteiger partial charge in [0.1, 0.15) is 22.9 Å². The molecule has 1 aromatic carbocycles. The van der Waals surface area contributed by atoms with E-state index in [0.717, 1.165) is 0 Å². The maximum absolute atomic E-state index is 12.4. The molecule has 2 rings (SSSR count). The second-order valence-electron chi connectivity index (χ2n) is 5.24. The van der Waals surface area contributed by atoms with Crippen molar-refractivity contribution in [3.8, 4) is 5.75 Å². The Labute approximate surface area is 131 Å². The molecule has 0 aliphatic heterocycles. The van der Waals surface area contributed by atoms with E-state index in [1.54, 1.807) is 19.1 Å². The fourth-order valence-corrected chi connectivity index (χ4v) is 2.01. The number of aryl methyl sites for hydroxylation is 1. The van der Waals surface area contributed by atoms with Crippen LogP contribution < -0.4 is 10.1 Å². The van der Waals surface area contributed by atoms with Gasteiger partial charge in [-0.15, -0.1) is 0 Å². The number of hydrogen-bond acceptors (Lipinski definition) is 4. The Hall–Kier alpha value is -2.41. The van der Waals surface area contributed by atoms with Gasteiger partial charge in [0.2, 0.25) is 0 Å². The van der Waals surface area contributed by atoms with Crippen molar-refractivity contribution < 1.29 is 27.8 Å². The minimum absolute atomic E-state index is 0.0424. The molecule has 2 aromatic rings. The number of para-hydroxylation sites is 1. The lowest BCUT2D eigenvalue weighted by Crippen LogP contribution is -2.38. The first-order valence-electron chi connectivity index (χ1n) is 6.91. The van der Waals surface area contributed by atoms with Gasteiger partial charge in [-0.3, -0.25) is 4.79 Å². The summed E-state index contributed by atoms with van der Waals surface area (Å²) in [5.41, 5.74) is -1.47. The highest BCUT2D eigenvalue weighted by atomic mass is 19.3. The molecule has 1 amide bonds. The molecule has 0 radical (unpaired) electrons. The zero-order chi connectivity index (χ0) is 17.0. The largest absolute Gasteiger partial charge is 0.463 e. The number of benzene rings is 1. The maximum Gasteiger partial charge on any atom is 0.387 e. The normalized spacial score (nSPS) is 13.7. The van der Waals surface area contributed by atoms with Crippen LogP contribution in [0.4, 0.5) is 8.78 Å². The van der Waals surface area contributed by atoms with Gasteiger partial charge in [-0.25, -0.2) is 0 Å². The third-order valence-corrected chi connectivity index (χ3v) is 3.21. The van der Waals surface area contributed by atoms with Crippen molar-refractivity contribution in [2.75, 3.05) is 6.54 Å². The molecule has 0 spiro atoms. The molecular weight excluding hydrogens is 308 g/mol. The standard InChI is InChI=1S/C16H17F2NO4/c1-10-7-8-13(22-10)16(2,21)9-19-14(20)11-5-3-4-6-12(11)23-15(17)18/h3-8,15,21H,9H2,1-2H3,(H,19,20). The van der Waals surface area contributed by atoms with E-state index < -0.39 is 18.1 Å².